The minimum Gasteiger partial charge on any atom is -0.504 e. The Labute approximate surface area is 220 Å². The smallest absolute Gasteiger partial charge is 0.338 e. The van der Waals surface area contributed by atoms with Gasteiger partial charge in [-0.1, -0.05) is 25.1 Å². The summed E-state index contributed by atoms with van der Waals surface area (Å²) in [7, 11) is 4.41. The van der Waals surface area contributed by atoms with Crippen LogP contribution < -0.4 is 23.7 Å². The molecule has 2 N–H and O–H groups in total. The molecular weight excluding hydrogens is 492 g/mol. The van der Waals surface area contributed by atoms with Crippen LogP contribution in [0.2, 0.25) is 0 Å². The number of ether oxygens (including phenoxy) is 6. The Hall–Kier alpha value is -4.11. The fourth-order valence-electron chi connectivity index (χ4n) is 5.20. The molecule has 0 unspecified atom stereocenters. The van der Waals surface area contributed by atoms with Gasteiger partial charge in [-0.25, -0.2) is 4.79 Å². The van der Waals surface area contributed by atoms with E-state index >= 15 is 0 Å². The van der Waals surface area contributed by atoms with Crippen molar-refractivity contribution in [1.82, 2.24) is 0 Å². The Morgan fingerprint density at radius 3 is 2.37 bits per heavy atom. The van der Waals surface area contributed by atoms with Crippen LogP contribution >= 0.6 is 0 Å². The number of hydrogen-bond acceptors (Lipinski definition) is 9. The predicted octanol–water partition coefficient (Wildman–Crippen LogP) is 4.66. The van der Waals surface area contributed by atoms with Crippen molar-refractivity contribution in [2.24, 2.45) is 5.92 Å². The molecule has 9 heteroatoms. The maximum atomic E-state index is 13.3. The summed E-state index contributed by atoms with van der Waals surface area (Å²) in [5, 5.41) is 23.5. The molecule has 2 aliphatic rings. The van der Waals surface area contributed by atoms with Gasteiger partial charge in [-0.3, -0.25) is 0 Å². The van der Waals surface area contributed by atoms with Gasteiger partial charge in [0.15, 0.2) is 29.1 Å². The monoisotopic (exact) mass is 522 g/mol. The average Bonchev–Trinajstić information content (AvgIpc) is 3.39. The van der Waals surface area contributed by atoms with Crippen molar-refractivity contribution in [2.75, 3.05) is 28.1 Å². The van der Waals surface area contributed by atoms with Crippen molar-refractivity contribution < 1.29 is 43.4 Å². The molecule has 0 aromatic heterocycles. The third-order valence-electron chi connectivity index (χ3n) is 7.40. The third-order valence-corrected chi connectivity index (χ3v) is 7.40. The normalized spacial score (nSPS) is 21.4. The molecule has 0 bridgehead atoms. The van der Waals surface area contributed by atoms with Crippen molar-refractivity contribution in [3.8, 4) is 45.6 Å². The van der Waals surface area contributed by atoms with E-state index in [9.17, 15) is 15.0 Å². The highest BCUT2D eigenvalue weighted by Gasteiger charge is 2.47. The molecule has 0 spiro atoms. The van der Waals surface area contributed by atoms with Crippen LogP contribution in [0.5, 0.6) is 34.5 Å². The van der Waals surface area contributed by atoms with E-state index in [1.165, 1.54) is 21.3 Å². The Balaban J connectivity index is 1.85. The lowest BCUT2D eigenvalue weighted by Gasteiger charge is -2.41. The van der Waals surface area contributed by atoms with Gasteiger partial charge in [-0.05, 0) is 49.1 Å². The lowest BCUT2D eigenvalue weighted by molar-refractivity contribution is -0.107. The van der Waals surface area contributed by atoms with E-state index < -0.39 is 23.6 Å². The van der Waals surface area contributed by atoms with Crippen LogP contribution in [0.15, 0.2) is 42.5 Å². The van der Waals surface area contributed by atoms with Crippen molar-refractivity contribution in [1.29, 1.82) is 0 Å². The summed E-state index contributed by atoms with van der Waals surface area (Å²) in [4.78, 5) is 13.3. The first kappa shape index (κ1) is 25.5. The maximum absolute atomic E-state index is 13.3. The molecule has 3 aromatic carbocycles. The maximum Gasteiger partial charge on any atom is 0.338 e. The molecule has 1 heterocycles. The van der Waals surface area contributed by atoms with Crippen LogP contribution in [0, 0.1) is 5.92 Å². The quantitative estimate of drug-likeness (QED) is 0.462. The van der Waals surface area contributed by atoms with E-state index in [4.69, 9.17) is 28.4 Å². The minimum absolute atomic E-state index is 0.0354. The highest BCUT2D eigenvalue weighted by molar-refractivity contribution is 5.91. The Kier molecular flexibility index (Phi) is 6.48. The SMILES string of the molecule is COc1cc2c(c(OC)c1OC)-c1c(cc3c(c1O)OCO3)C[C@H](C)[C@@](C)(O)[C@H]2OC(=O)c1ccccc1. The van der Waals surface area contributed by atoms with Gasteiger partial charge >= 0.3 is 5.97 Å². The van der Waals surface area contributed by atoms with Gasteiger partial charge in [0.25, 0.3) is 0 Å². The molecule has 1 aliphatic carbocycles. The molecule has 200 valence electrons. The van der Waals surface area contributed by atoms with Crippen LogP contribution in [0.25, 0.3) is 11.1 Å². The molecule has 5 rings (SSSR count). The zero-order valence-electron chi connectivity index (χ0n) is 21.9. The van der Waals surface area contributed by atoms with Gasteiger partial charge in [-0.15, -0.1) is 0 Å². The number of esters is 1. The van der Waals surface area contributed by atoms with E-state index in [-0.39, 0.29) is 29.8 Å². The third kappa shape index (κ3) is 3.94. The van der Waals surface area contributed by atoms with Crippen molar-refractivity contribution >= 4 is 5.97 Å². The summed E-state index contributed by atoms with van der Waals surface area (Å²) in [6, 6.07) is 12.0. The number of benzene rings is 3. The molecule has 38 heavy (non-hydrogen) atoms. The van der Waals surface area contributed by atoms with Gasteiger partial charge < -0.3 is 38.6 Å². The van der Waals surface area contributed by atoms with E-state index in [1.807, 2.05) is 6.92 Å². The number of phenols is 1. The molecule has 0 fully saturated rings. The Morgan fingerprint density at radius 1 is 1.00 bits per heavy atom. The second-order valence-corrected chi connectivity index (χ2v) is 9.59. The summed E-state index contributed by atoms with van der Waals surface area (Å²) in [6.07, 6.45) is -0.852. The molecule has 9 nitrogen and oxygen atoms in total. The van der Waals surface area contributed by atoms with Crippen molar-refractivity contribution in [2.45, 2.75) is 32.0 Å². The number of carbonyl (C=O) groups is 1. The number of aliphatic hydroxyl groups is 1. The molecule has 3 atom stereocenters. The molecule has 3 aromatic rings. The molecule has 0 saturated carbocycles. The summed E-state index contributed by atoms with van der Waals surface area (Å²) >= 11 is 0. The first-order chi connectivity index (χ1) is 18.2. The Morgan fingerprint density at radius 2 is 1.71 bits per heavy atom. The molecular formula is C29H30O9. The van der Waals surface area contributed by atoms with E-state index in [1.54, 1.807) is 49.4 Å². The fourth-order valence-corrected chi connectivity index (χ4v) is 5.20. The summed E-state index contributed by atoms with van der Waals surface area (Å²) in [6.45, 7) is 3.45. The first-order valence-electron chi connectivity index (χ1n) is 12.2. The number of fused-ring (bicyclic) bond motifs is 4. The standard InChI is InChI=1S/C29H30O9/c1-15-11-17-12-20-24(37-14-36-20)23(30)21(17)22-18(13-19(33-3)25(34-4)26(22)35-5)27(29(15,2)32)38-28(31)16-9-7-6-8-10-16/h6-10,12-13,15,27,30,32H,11,14H2,1-5H3/t15-,27-,29+/m0/s1. The second-order valence-electron chi connectivity index (χ2n) is 9.59. The number of aromatic hydroxyl groups is 1. The molecule has 0 saturated heterocycles. The number of hydrogen-bond donors (Lipinski definition) is 2. The average molecular weight is 523 g/mol. The van der Waals surface area contributed by atoms with Crippen LogP contribution in [-0.2, 0) is 11.2 Å². The topological polar surface area (TPSA) is 113 Å². The largest absolute Gasteiger partial charge is 0.504 e. The van der Waals surface area contributed by atoms with Crippen LogP contribution in [0.4, 0.5) is 0 Å². The summed E-state index contributed by atoms with van der Waals surface area (Å²) in [5.41, 5.74) is 0.640. The van der Waals surface area contributed by atoms with Gasteiger partial charge in [-0.2, -0.15) is 0 Å². The van der Waals surface area contributed by atoms with Crippen LogP contribution in [0.3, 0.4) is 0 Å². The number of phenolic OH excluding ortho intramolecular Hbond substituents is 1. The molecule has 0 radical (unpaired) electrons. The Bertz CT molecular complexity index is 1380. The lowest BCUT2D eigenvalue weighted by atomic mass is 9.73. The zero-order chi connectivity index (χ0) is 27.2. The molecule has 0 amide bonds. The fraction of sp³-hybridized carbons (Fsp3) is 0.345. The van der Waals surface area contributed by atoms with E-state index in [0.29, 0.717) is 45.7 Å². The lowest BCUT2D eigenvalue weighted by Crippen LogP contribution is -2.43. The van der Waals surface area contributed by atoms with Gasteiger partial charge in [0.2, 0.25) is 18.3 Å². The van der Waals surface area contributed by atoms with E-state index in [0.717, 1.165) is 0 Å². The number of carbonyl (C=O) groups excluding carboxylic acids is 1. The molecule has 1 aliphatic heterocycles. The zero-order valence-corrected chi connectivity index (χ0v) is 21.9. The first-order valence-corrected chi connectivity index (χ1v) is 12.2. The second kappa shape index (κ2) is 9.64. The predicted molar refractivity (Wildman–Crippen MR) is 137 cm³/mol. The van der Waals surface area contributed by atoms with Crippen molar-refractivity contribution in [3.63, 3.8) is 0 Å². The van der Waals surface area contributed by atoms with Crippen molar-refractivity contribution in [3.05, 3.63) is 59.2 Å². The number of methoxy groups -OCH3 is 3. The van der Waals surface area contributed by atoms with Crippen LogP contribution in [0.1, 0.15) is 41.4 Å². The highest BCUT2D eigenvalue weighted by Crippen LogP contribution is 2.58. The minimum atomic E-state index is -1.55. The summed E-state index contributed by atoms with van der Waals surface area (Å²) in [5.74, 6) is 0.228. The highest BCUT2D eigenvalue weighted by atomic mass is 16.7. The summed E-state index contributed by atoms with van der Waals surface area (Å²) < 4.78 is 34.3. The van der Waals surface area contributed by atoms with Gasteiger partial charge in [0, 0.05) is 16.7 Å². The number of rotatable bonds is 5. The van der Waals surface area contributed by atoms with Gasteiger partial charge in [0.1, 0.15) is 5.60 Å². The van der Waals surface area contributed by atoms with E-state index in [2.05, 4.69) is 0 Å². The van der Waals surface area contributed by atoms with Crippen LogP contribution in [-0.4, -0.2) is 49.9 Å². The van der Waals surface area contributed by atoms with Gasteiger partial charge in [0.05, 0.1) is 26.9 Å².